The van der Waals surface area contributed by atoms with Crippen molar-refractivity contribution < 1.29 is 18.7 Å². The van der Waals surface area contributed by atoms with Crippen molar-refractivity contribution in [2.24, 2.45) is 0 Å². The second kappa shape index (κ2) is 7.66. The molecule has 0 bridgehead atoms. The molecule has 0 saturated heterocycles. The Labute approximate surface area is 146 Å². The second-order valence-electron chi connectivity index (χ2n) is 4.67. The SMILES string of the molecule is COc1ccc(Cl)cc1NC(=O)[C@@H](C)Oc1ccc(F)cc1Br. The maximum absolute atomic E-state index is 13.1. The molecule has 2 aromatic carbocycles. The summed E-state index contributed by atoms with van der Waals surface area (Å²) in [5.74, 6) is 0.0665. The van der Waals surface area contributed by atoms with Crippen LogP contribution in [0, 0.1) is 5.82 Å². The Bertz CT molecular complexity index is 726. The number of ether oxygens (including phenoxy) is 2. The Morgan fingerprint density at radius 3 is 2.61 bits per heavy atom. The molecule has 2 rings (SSSR count). The first-order valence-corrected chi connectivity index (χ1v) is 7.84. The second-order valence-corrected chi connectivity index (χ2v) is 5.96. The third-order valence-corrected chi connectivity index (χ3v) is 3.84. The number of benzene rings is 2. The van der Waals surface area contributed by atoms with Gasteiger partial charge < -0.3 is 14.8 Å². The van der Waals surface area contributed by atoms with Gasteiger partial charge in [-0.3, -0.25) is 4.79 Å². The summed E-state index contributed by atoms with van der Waals surface area (Å²) in [5, 5.41) is 3.16. The molecule has 0 saturated carbocycles. The number of nitrogens with one attached hydrogen (secondary N) is 1. The van der Waals surface area contributed by atoms with Crippen LogP contribution in [0.5, 0.6) is 11.5 Å². The molecule has 7 heteroatoms. The molecule has 23 heavy (non-hydrogen) atoms. The summed E-state index contributed by atoms with van der Waals surface area (Å²) in [6, 6.07) is 8.86. The van der Waals surface area contributed by atoms with Crippen LogP contribution in [0.1, 0.15) is 6.92 Å². The zero-order valence-corrected chi connectivity index (χ0v) is 14.7. The molecule has 4 nitrogen and oxygen atoms in total. The van der Waals surface area contributed by atoms with Gasteiger partial charge in [0.2, 0.25) is 0 Å². The van der Waals surface area contributed by atoms with Crippen LogP contribution in [-0.4, -0.2) is 19.1 Å². The summed E-state index contributed by atoms with van der Waals surface area (Å²) in [6.45, 7) is 1.59. The van der Waals surface area contributed by atoms with Gasteiger partial charge in [0.25, 0.3) is 5.91 Å². The van der Waals surface area contributed by atoms with E-state index in [0.717, 1.165) is 0 Å². The van der Waals surface area contributed by atoms with Crippen LogP contribution >= 0.6 is 27.5 Å². The minimum absolute atomic E-state index is 0.368. The Morgan fingerprint density at radius 2 is 1.96 bits per heavy atom. The van der Waals surface area contributed by atoms with Gasteiger partial charge in [-0.15, -0.1) is 0 Å². The van der Waals surface area contributed by atoms with Crippen molar-refractivity contribution in [3.63, 3.8) is 0 Å². The lowest BCUT2D eigenvalue weighted by Gasteiger charge is -2.17. The van der Waals surface area contributed by atoms with Crippen LogP contribution < -0.4 is 14.8 Å². The fraction of sp³-hybridized carbons (Fsp3) is 0.188. The molecule has 0 radical (unpaired) electrons. The Hall–Kier alpha value is -1.79. The number of anilines is 1. The third kappa shape index (κ3) is 4.59. The molecule has 0 spiro atoms. The van der Waals surface area contributed by atoms with Crippen molar-refractivity contribution in [3.05, 3.63) is 51.7 Å². The maximum Gasteiger partial charge on any atom is 0.265 e. The van der Waals surface area contributed by atoms with Gasteiger partial charge in [0.1, 0.15) is 17.3 Å². The topological polar surface area (TPSA) is 47.6 Å². The summed E-state index contributed by atoms with van der Waals surface area (Å²) in [6.07, 6.45) is -0.805. The number of hydrogen-bond donors (Lipinski definition) is 1. The molecular formula is C16H14BrClFNO3. The van der Waals surface area contributed by atoms with Crippen LogP contribution in [0.2, 0.25) is 5.02 Å². The average molecular weight is 403 g/mol. The fourth-order valence-corrected chi connectivity index (χ4v) is 2.44. The first-order valence-electron chi connectivity index (χ1n) is 6.67. The van der Waals surface area contributed by atoms with E-state index in [1.165, 1.54) is 25.3 Å². The first-order chi connectivity index (χ1) is 10.9. The monoisotopic (exact) mass is 401 g/mol. The fourth-order valence-electron chi connectivity index (χ4n) is 1.83. The molecule has 1 atom stereocenters. The highest BCUT2D eigenvalue weighted by Crippen LogP contribution is 2.29. The Balaban J connectivity index is 2.10. The van der Waals surface area contributed by atoms with Gasteiger partial charge in [0, 0.05) is 5.02 Å². The standard InChI is InChI=1S/C16H14BrClFNO3/c1-9(23-14-6-4-11(19)8-12(14)17)16(21)20-13-7-10(18)3-5-15(13)22-2/h3-9H,1-2H3,(H,20,21)/t9-/m1/s1. The summed E-state index contributed by atoms with van der Waals surface area (Å²) in [4.78, 5) is 12.3. The molecule has 1 N–H and O–H groups in total. The van der Waals surface area contributed by atoms with E-state index >= 15 is 0 Å². The molecule has 0 aliphatic heterocycles. The van der Waals surface area contributed by atoms with Crippen LogP contribution in [0.25, 0.3) is 0 Å². The van der Waals surface area contributed by atoms with Gasteiger partial charge >= 0.3 is 0 Å². The number of carbonyl (C=O) groups excluding carboxylic acids is 1. The van der Waals surface area contributed by atoms with E-state index in [0.29, 0.717) is 26.7 Å². The molecule has 2 aromatic rings. The van der Waals surface area contributed by atoms with Gasteiger partial charge in [-0.1, -0.05) is 11.6 Å². The normalized spacial score (nSPS) is 11.7. The molecule has 0 aliphatic rings. The van der Waals surface area contributed by atoms with Gasteiger partial charge in [-0.05, 0) is 59.3 Å². The summed E-state index contributed by atoms with van der Waals surface area (Å²) < 4.78 is 24.2. The van der Waals surface area contributed by atoms with E-state index in [4.69, 9.17) is 21.1 Å². The van der Waals surface area contributed by atoms with Gasteiger partial charge in [0.15, 0.2) is 6.10 Å². The average Bonchev–Trinajstić information content (AvgIpc) is 2.50. The molecular weight excluding hydrogens is 389 g/mol. The van der Waals surface area contributed by atoms with Crippen LogP contribution in [0.4, 0.5) is 10.1 Å². The molecule has 0 aromatic heterocycles. The minimum atomic E-state index is -0.805. The van der Waals surface area contributed by atoms with Crippen molar-refractivity contribution in [3.8, 4) is 11.5 Å². The number of halogens is 3. The number of hydrogen-bond acceptors (Lipinski definition) is 3. The Kier molecular flexibility index (Phi) is 5.85. The lowest BCUT2D eigenvalue weighted by atomic mass is 10.2. The molecule has 0 aliphatic carbocycles. The molecule has 0 heterocycles. The van der Waals surface area contributed by atoms with E-state index < -0.39 is 11.9 Å². The quantitative estimate of drug-likeness (QED) is 0.791. The summed E-state index contributed by atoms with van der Waals surface area (Å²) in [5.41, 5.74) is 0.443. The van der Waals surface area contributed by atoms with Gasteiger partial charge in [0.05, 0.1) is 17.3 Å². The van der Waals surface area contributed by atoms with E-state index in [9.17, 15) is 9.18 Å². The molecule has 122 valence electrons. The predicted molar refractivity (Wildman–Crippen MR) is 90.8 cm³/mol. The van der Waals surface area contributed by atoms with E-state index in [2.05, 4.69) is 21.2 Å². The smallest absolute Gasteiger partial charge is 0.265 e. The maximum atomic E-state index is 13.1. The predicted octanol–water partition coefficient (Wildman–Crippen LogP) is 4.66. The zero-order valence-electron chi connectivity index (χ0n) is 12.4. The minimum Gasteiger partial charge on any atom is -0.495 e. The summed E-state index contributed by atoms with van der Waals surface area (Å²) in [7, 11) is 1.49. The van der Waals surface area contributed by atoms with Crippen LogP contribution in [0.15, 0.2) is 40.9 Å². The highest BCUT2D eigenvalue weighted by molar-refractivity contribution is 9.10. The van der Waals surface area contributed by atoms with E-state index in [1.54, 1.807) is 25.1 Å². The third-order valence-electron chi connectivity index (χ3n) is 2.99. The lowest BCUT2D eigenvalue weighted by molar-refractivity contribution is -0.122. The molecule has 1 amide bonds. The van der Waals surface area contributed by atoms with Crippen molar-refractivity contribution in [2.45, 2.75) is 13.0 Å². The largest absolute Gasteiger partial charge is 0.495 e. The van der Waals surface area contributed by atoms with Gasteiger partial charge in [-0.25, -0.2) is 4.39 Å². The van der Waals surface area contributed by atoms with E-state index in [1.807, 2.05) is 0 Å². The van der Waals surface area contributed by atoms with Crippen molar-refractivity contribution in [1.82, 2.24) is 0 Å². The van der Waals surface area contributed by atoms with Crippen molar-refractivity contribution >= 4 is 39.1 Å². The van der Waals surface area contributed by atoms with Crippen LogP contribution in [0.3, 0.4) is 0 Å². The van der Waals surface area contributed by atoms with E-state index in [-0.39, 0.29) is 5.91 Å². The first kappa shape index (κ1) is 17.6. The van der Waals surface area contributed by atoms with Crippen LogP contribution in [-0.2, 0) is 4.79 Å². The highest BCUT2D eigenvalue weighted by Gasteiger charge is 2.18. The number of carbonyl (C=O) groups is 1. The molecule has 0 fully saturated rings. The summed E-state index contributed by atoms with van der Waals surface area (Å²) >= 11 is 9.11. The highest BCUT2D eigenvalue weighted by atomic mass is 79.9. The number of rotatable bonds is 5. The zero-order chi connectivity index (χ0) is 17.0. The van der Waals surface area contributed by atoms with Gasteiger partial charge in [-0.2, -0.15) is 0 Å². The lowest BCUT2D eigenvalue weighted by Crippen LogP contribution is -2.30. The van der Waals surface area contributed by atoms with Crippen molar-refractivity contribution in [1.29, 1.82) is 0 Å². The number of methoxy groups -OCH3 is 1. The van der Waals surface area contributed by atoms with Crippen molar-refractivity contribution in [2.75, 3.05) is 12.4 Å². The molecule has 0 unspecified atom stereocenters. The number of amides is 1. The Morgan fingerprint density at radius 1 is 1.26 bits per heavy atom.